The van der Waals surface area contributed by atoms with Gasteiger partial charge in [0.05, 0.1) is 6.26 Å². The van der Waals surface area contributed by atoms with Crippen LogP contribution in [0.25, 0.3) is 0 Å². The lowest BCUT2D eigenvalue weighted by molar-refractivity contribution is -0.167. The third-order valence-corrected chi connectivity index (χ3v) is 1.42. The minimum atomic E-state index is -3.67. The monoisotopic (exact) mass is 226 g/mol. The number of esters is 2. The highest BCUT2D eigenvalue weighted by Gasteiger charge is 2.08. The average Bonchev–Trinajstić information content (AvgIpc) is 1.99. The van der Waals surface area contributed by atoms with Crippen LogP contribution in [0.5, 0.6) is 0 Å². The predicted molar refractivity (Wildman–Crippen MR) is 43.5 cm³/mol. The topological polar surface area (TPSA) is 96.0 Å². The van der Waals surface area contributed by atoms with Crippen molar-refractivity contribution >= 4 is 22.1 Å². The molecular weight excluding hydrogens is 216 g/mol. The van der Waals surface area contributed by atoms with Crippen LogP contribution < -0.4 is 0 Å². The molecule has 0 unspecified atom stereocenters. The second-order valence-electron chi connectivity index (χ2n) is 2.24. The van der Waals surface area contributed by atoms with Gasteiger partial charge in [0, 0.05) is 6.92 Å². The molecule has 8 heteroatoms. The standard InChI is InChI=1S/C6H10O7S/c1-5(7)11-4-12-6(8)3-13-14(2,9)10/h3-4H2,1-2H3. The van der Waals surface area contributed by atoms with Crippen molar-refractivity contribution in [3.63, 3.8) is 0 Å². The molecule has 0 aromatic rings. The Balaban J connectivity index is 3.62. The van der Waals surface area contributed by atoms with E-state index in [4.69, 9.17) is 0 Å². The van der Waals surface area contributed by atoms with Crippen LogP contribution in [0.15, 0.2) is 0 Å². The third kappa shape index (κ3) is 8.94. The molecule has 0 aliphatic carbocycles. The summed E-state index contributed by atoms with van der Waals surface area (Å²) in [6.45, 7) is -0.151. The molecule has 0 aliphatic rings. The van der Waals surface area contributed by atoms with E-state index in [1.807, 2.05) is 0 Å². The van der Waals surface area contributed by atoms with Gasteiger partial charge in [0.2, 0.25) is 6.79 Å². The maximum absolute atomic E-state index is 10.7. The van der Waals surface area contributed by atoms with Gasteiger partial charge in [-0.1, -0.05) is 0 Å². The van der Waals surface area contributed by atoms with Crippen molar-refractivity contribution in [2.75, 3.05) is 19.7 Å². The van der Waals surface area contributed by atoms with Gasteiger partial charge >= 0.3 is 11.9 Å². The molecule has 7 nitrogen and oxygen atoms in total. The molecule has 0 atom stereocenters. The van der Waals surface area contributed by atoms with Gasteiger partial charge in [0.1, 0.15) is 0 Å². The molecule has 82 valence electrons. The lowest BCUT2D eigenvalue weighted by atomic mass is 10.7. The van der Waals surface area contributed by atoms with E-state index in [1.54, 1.807) is 0 Å². The van der Waals surface area contributed by atoms with Gasteiger partial charge in [-0.05, 0) is 0 Å². The molecule has 0 bridgehead atoms. The second kappa shape index (κ2) is 5.55. The number of hydrogen-bond acceptors (Lipinski definition) is 7. The van der Waals surface area contributed by atoms with Crippen molar-refractivity contribution in [1.82, 2.24) is 0 Å². The smallest absolute Gasteiger partial charge is 0.336 e. The Bertz CT molecular complexity index is 304. The zero-order valence-corrected chi connectivity index (χ0v) is 8.50. The number of carbonyl (C=O) groups is 2. The molecule has 0 radical (unpaired) electrons. The lowest BCUT2D eigenvalue weighted by Gasteiger charge is -2.03. The van der Waals surface area contributed by atoms with Gasteiger partial charge in [-0.2, -0.15) is 8.42 Å². The average molecular weight is 226 g/mol. The SMILES string of the molecule is CC(=O)OCOC(=O)COS(C)(=O)=O. The highest BCUT2D eigenvalue weighted by Crippen LogP contribution is 1.89. The maximum atomic E-state index is 10.7. The first-order valence-corrected chi connectivity index (χ1v) is 5.26. The van der Waals surface area contributed by atoms with Gasteiger partial charge < -0.3 is 9.47 Å². The van der Waals surface area contributed by atoms with Crippen molar-refractivity contribution in [3.05, 3.63) is 0 Å². The Morgan fingerprint density at radius 2 is 1.79 bits per heavy atom. The quantitative estimate of drug-likeness (QED) is 0.338. The molecule has 0 fully saturated rings. The van der Waals surface area contributed by atoms with E-state index in [2.05, 4.69) is 13.7 Å². The molecule has 0 rings (SSSR count). The molecule has 0 spiro atoms. The Kier molecular flexibility index (Phi) is 5.10. The van der Waals surface area contributed by atoms with Crippen molar-refractivity contribution in [1.29, 1.82) is 0 Å². The first-order chi connectivity index (χ1) is 6.31. The summed E-state index contributed by atoms with van der Waals surface area (Å²) < 4.78 is 33.4. The summed E-state index contributed by atoms with van der Waals surface area (Å²) in [6.07, 6.45) is 0.798. The minimum Gasteiger partial charge on any atom is -0.428 e. The highest BCUT2D eigenvalue weighted by atomic mass is 32.2. The van der Waals surface area contributed by atoms with E-state index in [0.717, 1.165) is 13.2 Å². The van der Waals surface area contributed by atoms with Crippen LogP contribution in [0.1, 0.15) is 6.92 Å². The van der Waals surface area contributed by atoms with Crippen LogP contribution in [-0.4, -0.2) is 40.0 Å². The number of hydrogen-bond donors (Lipinski definition) is 0. The molecule has 0 amide bonds. The molecule has 0 N–H and O–H groups in total. The van der Waals surface area contributed by atoms with Crippen molar-refractivity contribution in [2.45, 2.75) is 6.92 Å². The third-order valence-electron chi connectivity index (χ3n) is 0.873. The van der Waals surface area contributed by atoms with Gasteiger partial charge in [0.25, 0.3) is 10.1 Å². The van der Waals surface area contributed by atoms with Gasteiger partial charge in [-0.25, -0.2) is 4.79 Å². The summed E-state index contributed by atoms with van der Waals surface area (Å²) in [7, 11) is -3.67. The van der Waals surface area contributed by atoms with Crippen LogP contribution in [-0.2, 0) is 33.4 Å². The van der Waals surface area contributed by atoms with Gasteiger partial charge in [0.15, 0.2) is 6.61 Å². The van der Waals surface area contributed by atoms with Crippen LogP contribution in [0.2, 0.25) is 0 Å². The summed E-state index contributed by atoms with van der Waals surface area (Å²) in [5, 5.41) is 0. The number of carbonyl (C=O) groups excluding carboxylic acids is 2. The van der Waals surface area contributed by atoms with Crippen LogP contribution in [0, 0.1) is 0 Å². The van der Waals surface area contributed by atoms with Gasteiger partial charge in [-0.15, -0.1) is 0 Å². The largest absolute Gasteiger partial charge is 0.428 e. The highest BCUT2D eigenvalue weighted by molar-refractivity contribution is 7.86. The Hall–Kier alpha value is -1.15. The summed E-state index contributed by atoms with van der Waals surface area (Å²) >= 11 is 0. The van der Waals surface area contributed by atoms with Crippen molar-refractivity contribution in [3.8, 4) is 0 Å². The molecule has 0 heterocycles. The molecule has 0 aromatic carbocycles. The zero-order chi connectivity index (χ0) is 11.2. The van der Waals surface area contributed by atoms with E-state index in [9.17, 15) is 18.0 Å². The summed E-state index contributed by atoms with van der Waals surface area (Å²) in [6, 6.07) is 0. The normalized spacial score (nSPS) is 10.7. The van der Waals surface area contributed by atoms with Crippen molar-refractivity contribution < 1.29 is 31.7 Å². The van der Waals surface area contributed by atoms with Crippen molar-refractivity contribution in [2.24, 2.45) is 0 Å². The second-order valence-corrected chi connectivity index (χ2v) is 3.88. The fraction of sp³-hybridized carbons (Fsp3) is 0.667. The zero-order valence-electron chi connectivity index (χ0n) is 7.68. The first kappa shape index (κ1) is 12.8. The molecule has 0 aliphatic heterocycles. The van der Waals surface area contributed by atoms with Crippen LogP contribution in [0.4, 0.5) is 0 Å². The Morgan fingerprint density at radius 3 is 2.21 bits per heavy atom. The Labute approximate surface area is 81.1 Å². The Morgan fingerprint density at radius 1 is 1.21 bits per heavy atom. The molecule has 0 aromatic heterocycles. The molecule has 14 heavy (non-hydrogen) atoms. The molecule has 0 saturated heterocycles. The predicted octanol–water partition coefficient (Wildman–Crippen LogP) is -0.974. The number of ether oxygens (including phenoxy) is 2. The van der Waals surface area contributed by atoms with E-state index in [0.29, 0.717) is 0 Å². The van der Waals surface area contributed by atoms with E-state index >= 15 is 0 Å². The summed E-state index contributed by atoms with van der Waals surface area (Å²) in [5.74, 6) is -1.54. The maximum Gasteiger partial charge on any atom is 0.336 e. The summed E-state index contributed by atoms with van der Waals surface area (Å²) in [4.78, 5) is 20.9. The first-order valence-electron chi connectivity index (χ1n) is 3.44. The van der Waals surface area contributed by atoms with E-state index in [-0.39, 0.29) is 0 Å². The molecule has 0 saturated carbocycles. The fourth-order valence-corrected chi connectivity index (χ4v) is 0.685. The summed E-state index contributed by atoms with van der Waals surface area (Å²) in [5.41, 5.74) is 0. The molecular formula is C6H10O7S. The van der Waals surface area contributed by atoms with E-state index < -0.39 is 35.5 Å². The van der Waals surface area contributed by atoms with Crippen LogP contribution in [0.3, 0.4) is 0 Å². The lowest BCUT2D eigenvalue weighted by Crippen LogP contribution is -2.18. The number of rotatable bonds is 5. The minimum absolute atomic E-state index is 0.554. The van der Waals surface area contributed by atoms with Crippen LogP contribution >= 0.6 is 0 Å². The van der Waals surface area contributed by atoms with Gasteiger partial charge in [-0.3, -0.25) is 8.98 Å². The van der Waals surface area contributed by atoms with E-state index in [1.165, 1.54) is 0 Å². The fourth-order valence-electron chi connectivity index (χ4n) is 0.375.